The monoisotopic (exact) mass is 378 g/mol. The van der Waals surface area contributed by atoms with Gasteiger partial charge >= 0.3 is 6.09 Å². The SMILES string of the molecule is CCOC(=O)Nc1ccc(NC2CCc3cc(OC)ccc32)[nH+]c1N.[Cl-]. The number of H-pyrrole nitrogens is 1. The van der Waals surface area contributed by atoms with Crippen LogP contribution in [0.3, 0.4) is 0 Å². The second kappa shape index (κ2) is 8.62. The summed E-state index contributed by atoms with van der Waals surface area (Å²) in [5, 5.41) is 6.06. The first-order valence-electron chi connectivity index (χ1n) is 8.29. The molecule has 1 aromatic carbocycles. The number of anilines is 3. The van der Waals surface area contributed by atoms with Gasteiger partial charge in [0.1, 0.15) is 11.4 Å². The number of benzene rings is 1. The molecule has 0 radical (unpaired) electrons. The number of aryl methyl sites for hydroxylation is 1. The van der Waals surface area contributed by atoms with Gasteiger partial charge in [0, 0.05) is 6.07 Å². The van der Waals surface area contributed by atoms with E-state index in [2.05, 4.69) is 27.8 Å². The summed E-state index contributed by atoms with van der Waals surface area (Å²) in [7, 11) is 1.68. The van der Waals surface area contributed by atoms with E-state index in [1.807, 2.05) is 12.1 Å². The van der Waals surface area contributed by atoms with Crippen LogP contribution in [0.5, 0.6) is 5.75 Å². The maximum Gasteiger partial charge on any atom is 0.411 e. The third-order valence-electron chi connectivity index (χ3n) is 4.25. The Hall–Kier alpha value is -2.67. The Morgan fingerprint density at radius 2 is 2.15 bits per heavy atom. The highest BCUT2D eigenvalue weighted by Crippen LogP contribution is 2.35. The molecular weight excluding hydrogens is 356 g/mol. The Labute approximate surface area is 158 Å². The van der Waals surface area contributed by atoms with Crippen molar-refractivity contribution in [2.75, 3.05) is 30.1 Å². The van der Waals surface area contributed by atoms with Crippen molar-refractivity contribution in [1.82, 2.24) is 0 Å². The first kappa shape index (κ1) is 19.7. The number of hydrogen-bond donors (Lipinski definition) is 3. The number of aromatic nitrogens is 1. The summed E-state index contributed by atoms with van der Waals surface area (Å²) in [6, 6.07) is 9.96. The van der Waals surface area contributed by atoms with Crippen molar-refractivity contribution in [2.24, 2.45) is 0 Å². The van der Waals surface area contributed by atoms with Crippen LogP contribution in [0.15, 0.2) is 30.3 Å². The van der Waals surface area contributed by atoms with E-state index >= 15 is 0 Å². The maximum atomic E-state index is 11.5. The Kier molecular flexibility index (Phi) is 6.52. The summed E-state index contributed by atoms with van der Waals surface area (Å²) in [6.07, 6.45) is 1.48. The summed E-state index contributed by atoms with van der Waals surface area (Å²) < 4.78 is 10.1. The fraction of sp³-hybridized carbons (Fsp3) is 0.333. The van der Waals surface area contributed by atoms with Crippen LogP contribution in [0.25, 0.3) is 0 Å². The average molecular weight is 379 g/mol. The van der Waals surface area contributed by atoms with Crippen LogP contribution in [0, 0.1) is 0 Å². The first-order valence-corrected chi connectivity index (χ1v) is 8.29. The number of nitrogen functional groups attached to an aromatic ring is 1. The van der Waals surface area contributed by atoms with Gasteiger partial charge < -0.3 is 27.6 Å². The van der Waals surface area contributed by atoms with E-state index in [1.165, 1.54) is 11.1 Å². The summed E-state index contributed by atoms with van der Waals surface area (Å²) >= 11 is 0. The van der Waals surface area contributed by atoms with Crippen molar-refractivity contribution < 1.29 is 31.7 Å². The van der Waals surface area contributed by atoms with E-state index in [4.69, 9.17) is 15.2 Å². The van der Waals surface area contributed by atoms with Crippen molar-refractivity contribution in [2.45, 2.75) is 25.8 Å². The molecule has 0 saturated carbocycles. The highest BCUT2D eigenvalue weighted by Gasteiger charge is 2.25. The van der Waals surface area contributed by atoms with Gasteiger partial charge in [-0.25, -0.2) is 9.78 Å². The van der Waals surface area contributed by atoms with Gasteiger partial charge in [-0.15, -0.1) is 0 Å². The van der Waals surface area contributed by atoms with E-state index in [0.29, 0.717) is 18.1 Å². The minimum atomic E-state index is -0.526. The summed E-state index contributed by atoms with van der Waals surface area (Å²) in [5.41, 5.74) is 9.04. The molecule has 5 N–H and O–H groups in total. The third-order valence-corrected chi connectivity index (χ3v) is 4.25. The van der Waals surface area contributed by atoms with E-state index in [9.17, 15) is 4.79 Å². The molecule has 1 aromatic heterocycles. The number of carbonyl (C=O) groups excluding carboxylic acids is 1. The second-order valence-electron chi connectivity index (χ2n) is 5.85. The first-order chi connectivity index (χ1) is 12.1. The lowest BCUT2D eigenvalue weighted by Gasteiger charge is -2.13. The number of nitrogens with two attached hydrogens (primary N) is 1. The molecule has 1 atom stereocenters. The van der Waals surface area contributed by atoms with Crippen molar-refractivity contribution >= 4 is 23.4 Å². The van der Waals surface area contributed by atoms with E-state index in [1.54, 1.807) is 20.1 Å². The van der Waals surface area contributed by atoms with E-state index in [0.717, 1.165) is 24.4 Å². The highest BCUT2D eigenvalue weighted by molar-refractivity contribution is 5.87. The number of methoxy groups -OCH3 is 1. The van der Waals surface area contributed by atoms with Crippen LogP contribution in [-0.2, 0) is 11.2 Å². The fourth-order valence-electron chi connectivity index (χ4n) is 3.04. The zero-order valence-electron chi connectivity index (χ0n) is 14.8. The lowest BCUT2D eigenvalue weighted by molar-refractivity contribution is -0.342. The molecule has 1 unspecified atom stereocenters. The minimum Gasteiger partial charge on any atom is -1.00 e. The van der Waals surface area contributed by atoms with Crippen LogP contribution in [-0.4, -0.2) is 19.8 Å². The van der Waals surface area contributed by atoms with Gasteiger partial charge in [0.25, 0.3) is 0 Å². The zero-order valence-corrected chi connectivity index (χ0v) is 15.5. The number of hydrogen-bond acceptors (Lipinski definition) is 5. The van der Waals surface area contributed by atoms with Crippen LogP contribution >= 0.6 is 0 Å². The van der Waals surface area contributed by atoms with Gasteiger partial charge in [0.05, 0.1) is 19.8 Å². The molecule has 26 heavy (non-hydrogen) atoms. The average Bonchev–Trinajstić information content (AvgIpc) is 2.99. The molecule has 1 heterocycles. The van der Waals surface area contributed by atoms with Crippen molar-refractivity contribution in [1.29, 1.82) is 0 Å². The Balaban J connectivity index is 0.00000243. The minimum absolute atomic E-state index is 0. The quantitative estimate of drug-likeness (QED) is 0.667. The lowest BCUT2D eigenvalue weighted by Crippen LogP contribution is -3.00. The predicted octanol–water partition coefficient (Wildman–Crippen LogP) is -0.237. The molecule has 0 fully saturated rings. The number of ether oxygens (including phenoxy) is 2. The molecule has 0 saturated heterocycles. The number of aromatic amines is 1. The van der Waals surface area contributed by atoms with Crippen LogP contribution < -0.4 is 38.5 Å². The van der Waals surface area contributed by atoms with Crippen LogP contribution in [0.2, 0.25) is 0 Å². The molecule has 0 spiro atoms. The van der Waals surface area contributed by atoms with Crippen molar-refractivity contribution in [3.05, 3.63) is 41.5 Å². The number of halogens is 1. The lowest BCUT2D eigenvalue weighted by atomic mass is 10.1. The van der Waals surface area contributed by atoms with Gasteiger partial charge in [0.15, 0.2) is 0 Å². The van der Waals surface area contributed by atoms with Gasteiger partial charge in [0.2, 0.25) is 11.6 Å². The number of fused-ring (bicyclic) bond motifs is 1. The molecule has 1 amide bonds. The van der Waals surface area contributed by atoms with Gasteiger partial charge in [-0.3, -0.25) is 10.6 Å². The summed E-state index contributed by atoms with van der Waals surface area (Å²) in [4.78, 5) is 14.6. The molecule has 140 valence electrons. The maximum absolute atomic E-state index is 11.5. The Morgan fingerprint density at radius 3 is 2.85 bits per heavy atom. The standard InChI is InChI=1S/C18H22N4O3.ClH/c1-3-25-18(23)21-15-8-9-16(22-17(15)19)20-14-7-4-11-10-12(24-2)5-6-13(11)14;/h5-6,8-10,14H,3-4,7H2,1-2H3,(H,21,23)(H3,19,20,22);1H. The number of carbonyl (C=O) groups is 1. The van der Waals surface area contributed by atoms with Crippen LogP contribution in [0.1, 0.15) is 30.5 Å². The van der Waals surface area contributed by atoms with E-state index < -0.39 is 6.09 Å². The molecule has 2 aromatic rings. The van der Waals surface area contributed by atoms with Gasteiger partial charge in [-0.05, 0) is 49.1 Å². The molecule has 0 bridgehead atoms. The summed E-state index contributed by atoms with van der Waals surface area (Å²) in [5.74, 6) is 2.04. The van der Waals surface area contributed by atoms with Gasteiger partial charge in [-0.1, -0.05) is 6.07 Å². The largest absolute Gasteiger partial charge is 1.00 e. The third kappa shape index (κ3) is 4.29. The van der Waals surface area contributed by atoms with E-state index in [-0.39, 0.29) is 18.4 Å². The summed E-state index contributed by atoms with van der Waals surface area (Å²) in [6.45, 7) is 2.05. The van der Waals surface area contributed by atoms with Crippen LogP contribution in [0.4, 0.5) is 22.1 Å². The molecule has 7 nitrogen and oxygen atoms in total. The Morgan fingerprint density at radius 1 is 1.35 bits per heavy atom. The molecule has 1 aliphatic rings. The fourth-order valence-corrected chi connectivity index (χ4v) is 3.04. The Bertz CT molecular complexity index is 785. The smallest absolute Gasteiger partial charge is 0.411 e. The van der Waals surface area contributed by atoms with Crippen molar-refractivity contribution in [3.8, 4) is 5.75 Å². The number of amides is 1. The predicted molar refractivity (Wildman–Crippen MR) is 95.7 cm³/mol. The molecule has 8 heteroatoms. The topological polar surface area (TPSA) is 99.8 Å². The highest BCUT2D eigenvalue weighted by atomic mass is 35.5. The molecule has 0 aliphatic heterocycles. The molecular formula is C18H23ClN4O3. The number of nitrogens with one attached hydrogen (secondary N) is 3. The molecule has 3 rings (SSSR count). The van der Waals surface area contributed by atoms with Gasteiger partial charge in [-0.2, -0.15) is 0 Å². The number of pyridine rings is 1. The number of rotatable bonds is 5. The normalized spacial score (nSPS) is 14.8. The second-order valence-corrected chi connectivity index (χ2v) is 5.85. The van der Waals surface area contributed by atoms with Crippen molar-refractivity contribution in [3.63, 3.8) is 0 Å². The molecule has 1 aliphatic carbocycles. The zero-order chi connectivity index (χ0) is 17.8.